The summed E-state index contributed by atoms with van der Waals surface area (Å²) >= 11 is 0. The van der Waals surface area contributed by atoms with Crippen LogP contribution in [0.4, 0.5) is 5.69 Å². The van der Waals surface area contributed by atoms with E-state index in [1.165, 1.54) is 0 Å². The molecule has 0 bridgehead atoms. The van der Waals surface area contributed by atoms with Crippen LogP contribution >= 0.6 is 0 Å². The zero-order valence-electron chi connectivity index (χ0n) is 14.2. The Morgan fingerprint density at radius 3 is 2.88 bits per heavy atom. The quantitative estimate of drug-likeness (QED) is 0.895. The Kier molecular flexibility index (Phi) is 5.19. The number of hydrogen-bond donors (Lipinski definition) is 2. The van der Waals surface area contributed by atoms with E-state index in [1.807, 2.05) is 6.92 Å². The average Bonchev–Trinajstić information content (AvgIpc) is 3.11. The number of aryl methyl sites for hydroxylation is 1. The summed E-state index contributed by atoms with van der Waals surface area (Å²) in [5, 5.41) is 12.5. The van der Waals surface area contributed by atoms with Crippen LogP contribution in [0.5, 0.6) is 0 Å². The highest BCUT2D eigenvalue weighted by Crippen LogP contribution is 2.18. The van der Waals surface area contributed by atoms with Gasteiger partial charge in [-0.2, -0.15) is 0 Å². The Morgan fingerprint density at radius 2 is 2.16 bits per heavy atom. The maximum Gasteiger partial charge on any atom is 0.291 e. The molecular formula is C19H22N2O4. The molecule has 0 spiro atoms. The van der Waals surface area contributed by atoms with Crippen molar-refractivity contribution >= 4 is 17.5 Å². The molecule has 2 aromatic rings. The normalized spacial score (nSPS) is 17.4. The molecule has 6 heteroatoms. The molecule has 1 fully saturated rings. The number of nitrogens with one attached hydrogen (secondary N) is 1. The second-order valence-corrected chi connectivity index (χ2v) is 6.20. The van der Waals surface area contributed by atoms with Gasteiger partial charge in [0.1, 0.15) is 5.76 Å². The number of aliphatic hydroxyl groups is 1. The number of rotatable bonds is 4. The number of aliphatic hydroxyl groups excluding tert-OH is 1. The molecule has 25 heavy (non-hydrogen) atoms. The molecule has 1 aromatic heterocycles. The summed E-state index contributed by atoms with van der Waals surface area (Å²) in [6, 6.07) is 10.2. The number of carbonyl (C=O) groups excluding carboxylic acids is 2. The van der Waals surface area contributed by atoms with Crippen molar-refractivity contribution in [2.45, 2.75) is 32.3 Å². The van der Waals surface area contributed by atoms with Gasteiger partial charge in [-0.1, -0.05) is 13.0 Å². The molecule has 1 atom stereocenters. The number of nitrogens with zero attached hydrogens (tertiary/aromatic N) is 1. The second-order valence-electron chi connectivity index (χ2n) is 6.20. The van der Waals surface area contributed by atoms with Crippen molar-refractivity contribution in [1.82, 2.24) is 4.90 Å². The van der Waals surface area contributed by atoms with E-state index in [-0.39, 0.29) is 17.6 Å². The average molecular weight is 342 g/mol. The predicted octanol–water partition coefficient (Wildman–Crippen LogP) is 2.69. The summed E-state index contributed by atoms with van der Waals surface area (Å²) in [7, 11) is 0. The van der Waals surface area contributed by atoms with Crippen LogP contribution in [0.15, 0.2) is 40.8 Å². The van der Waals surface area contributed by atoms with E-state index in [2.05, 4.69) is 5.32 Å². The molecule has 0 aliphatic carbocycles. The van der Waals surface area contributed by atoms with Crippen molar-refractivity contribution in [1.29, 1.82) is 0 Å². The van der Waals surface area contributed by atoms with E-state index < -0.39 is 6.10 Å². The Hall–Kier alpha value is -2.60. The maximum absolute atomic E-state index is 12.6. The lowest BCUT2D eigenvalue weighted by atomic mass is 10.1. The van der Waals surface area contributed by atoms with Crippen molar-refractivity contribution in [3.63, 3.8) is 0 Å². The Morgan fingerprint density at radius 1 is 1.32 bits per heavy atom. The highest BCUT2D eigenvalue weighted by Gasteiger charge is 2.23. The summed E-state index contributed by atoms with van der Waals surface area (Å²) in [5.41, 5.74) is 1.02. The molecule has 2 amide bonds. The fraction of sp³-hybridized carbons (Fsp3) is 0.368. The highest BCUT2D eigenvalue weighted by molar-refractivity contribution is 6.03. The summed E-state index contributed by atoms with van der Waals surface area (Å²) < 4.78 is 5.44. The van der Waals surface area contributed by atoms with Gasteiger partial charge >= 0.3 is 0 Å². The molecule has 1 unspecified atom stereocenters. The molecular weight excluding hydrogens is 320 g/mol. The molecule has 1 saturated heterocycles. The minimum atomic E-state index is -0.465. The Labute approximate surface area is 146 Å². The Balaban J connectivity index is 1.70. The number of likely N-dealkylation sites (tertiary alicyclic amines) is 1. The lowest BCUT2D eigenvalue weighted by molar-refractivity contribution is 0.0474. The maximum atomic E-state index is 12.6. The largest absolute Gasteiger partial charge is 0.456 e. The summed E-state index contributed by atoms with van der Waals surface area (Å²) in [6.45, 7) is 2.94. The van der Waals surface area contributed by atoms with Crippen LogP contribution in [-0.2, 0) is 6.42 Å². The third-order valence-electron chi connectivity index (χ3n) is 4.29. The third-order valence-corrected chi connectivity index (χ3v) is 4.29. The number of anilines is 1. The smallest absolute Gasteiger partial charge is 0.291 e. The SMILES string of the molecule is CCc1ccc(C(=O)Nc2cccc(C(=O)N3CCCC(O)C3)c2)o1. The lowest BCUT2D eigenvalue weighted by Gasteiger charge is -2.30. The van der Waals surface area contributed by atoms with Gasteiger partial charge in [0.05, 0.1) is 6.10 Å². The van der Waals surface area contributed by atoms with Gasteiger partial charge in [-0.25, -0.2) is 0 Å². The number of carbonyl (C=O) groups is 2. The number of piperidine rings is 1. The van der Waals surface area contributed by atoms with E-state index in [4.69, 9.17) is 4.42 Å². The first-order chi connectivity index (χ1) is 12.1. The van der Waals surface area contributed by atoms with Crippen LogP contribution in [0.2, 0.25) is 0 Å². The van der Waals surface area contributed by atoms with E-state index in [9.17, 15) is 14.7 Å². The van der Waals surface area contributed by atoms with Gasteiger partial charge in [0, 0.05) is 30.8 Å². The van der Waals surface area contributed by atoms with Gasteiger partial charge < -0.3 is 19.7 Å². The first kappa shape index (κ1) is 17.2. The standard InChI is InChI=1S/C19H22N2O4/c1-2-16-8-9-17(25-16)18(23)20-14-6-3-5-13(11-14)19(24)21-10-4-7-15(22)12-21/h3,5-6,8-9,11,15,22H,2,4,7,10,12H2,1H3,(H,20,23). The van der Waals surface area contributed by atoms with E-state index in [1.54, 1.807) is 41.3 Å². The molecule has 1 aliphatic rings. The fourth-order valence-electron chi connectivity index (χ4n) is 2.93. The van der Waals surface area contributed by atoms with Gasteiger partial charge in [-0.05, 0) is 43.2 Å². The predicted molar refractivity (Wildman–Crippen MR) is 93.6 cm³/mol. The minimum Gasteiger partial charge on any atom is -0.456 e. The number of β-amino-alcohol motifs (C(OH)–C–C–N with tert-alkyl or cyclic N) is 1. The molecule has 0 saturated carbocycles. The van der Waals surface area contributed by atoms with E-state index in [0.717, 1.165) is 25.0 Å². The van der Waals surface area contributed by atoms with Crippen LogP contribution in [0, 0.1) is 0 Å². The van der Waals surface area contributed by atoms with Crippen LogP contribution in [0.3, 0.4) is 0 Å². The molecule has 2 N–H and O–H groups in total. The zero-order valence-corrected chi connectivity index (χ0v) is 14.2. The molecule has 2 heterocycles. The van der Waals surface area contributed by atoms with Crippen molar-refractivity contribution in [2.75, 3.05) is 18.4 Å². The van der Waals surface area contributed by atoms with Gasteiger partial charge in [-0.3, -0.25) is 9.59 Å². The van der Waals surface area contributed by atoms with Crippen molar-refractivity contribution < 1.29 is 19.1 Å². The van der Waals surface area contributed by atoms with Gasteiger partial charge in [0.15, 0.2) is 5.76 Å². The first-order valence-electron chi connectivity index (χ1n) is 8.54. The molecule has 132 valence electrons. The minimum absolute atomic E-state index is 0.138. The number of amides is 2. The summed E-state index contributed by atoms with van der Waals surface area (Å²) in [4.78, 5) is 26.5. The second kappa shape index (κ2) is 7.53. The van der Waals surface area contributed by atoms with Crippen LogP contribution in [-0.4, -0.2) is 41.0 Å². The van der Waals surface area contributed by atoms with Crippen LogP contribution in [0.25, 0.3) is 0 Å². The number of hydrogen-bond acceptors (Lipinski definition) is 4. The molecule has 1 aliphatic heterocycles. The summed E-state index contributed by atoms with van der Waals surface area (Å²) in [6.07, 6.45) is 1.77. The van der Waals surface area contributed by atoms with E-state index >= 15 is 0 Å². The van der Waals surface area contributed by atoms with Crippen molar-refractivity contribution in [2.24, 2.45) is 0 Å². The Bertz CT molecular complexity index is 768. The molecule has 3 rings (SSSR count). The van der Waals surface area contributed by atoms with Crippen molar-refractivity contribution in [3.05, 3.63) is 53.5 Å². The van der Waals surface area contributed by atoms with Crippen LogP contribution < -0.4 is 5.32 Å². The monoisotopic (exact) mass is 342 g/mol. The van der Waals surface area contributed by atoms with Gasteiger partial charge in [0.2, 0.25) is 0 Å². The topological polar surface area (TPSA) is 82.8 Å². The first-order valence-corrected chi connectivity index (χ1v) is 8.54. The fourth-order valence-corrected chi connectivity index (χ4v) is 2.93. The zero-order chi connectivity index (χ0) is 17.8. The molecule has 6 nitrogen and oxygen atoms in total. The summed E-state index contributed by atoms with van der Waals surface area (Å²) in [5.74, 6) is 0.504. The highest BCUT2D eigenvalue weighted by atomic mass is 16.3. The van der Waals surface area contributed by atoms with Gasteiger partial charge in [0.25, 0.3) is 11.8 Å². The van der Waals surface area contributed by atoms with Crippen LogP contribution in [0.1, 0.15) is 46.4 Å². The van der Waals surface area contributed by atoms with Gasteiger partial charge in [-0.15, -0.1) is 0 Å². The molecule has 0 radical (unpaired) electrons. The third kappa shape index (κ3) is 4.09. The number of benzene rings is 1. The van der Waals surface area contributed by atoms with Crippen molar-refractivity contribution in [3.8, 4) is 0 Å². The van der Waals surface area contributed by atoms with E-state index in [0.29, 0.717) is 24.3 Å². The lowest BCUT2D eigenvalue weighted by Crippen LogP contribution is -2.42. The number of furan rings is 1. The molecule has 1 aromatic carbocycles.